The second-order valence-corrected chi connectivity index (χ2v) is 13.4. The molecule has 1 fully saturated rings. The van der Waals surface area contributed by atoms with Crippen LogP contribution in [-0.4, -0.2) is 83.1 Å². The Bertz CT molecular complexity index is 1940. The standard InChI is InChI=1S/C37H38N6O4S/c1-41(2)29-9-11-31-33(20-29)48-36(40-31)25-5-3-24(4-6-25)26-8-13-34(39-21-26)38-15-17-47-18-16-43-35(45)14-12-32(37(43)46)42-22-27-7-10-30(44)19-28(27)23-42/h3-11,13,19-21,32,44H,12,14-18,22-23H2,1-2H3,(H,38,39). The maximum atomic E-state index is 13.3. The Hall–Kier alpha value is -4.84. The molecule has 0 bridgehead atoms. The number of likely N-dealkylation sites (tertiary alicyclic amines) is 1. The zero-order chi connectivity index (χ0) is 33.2. The SMILES string of the molecule is CN(C)c1ccc2nc(-c3ccc(-c4ccc(NCCOCCN5C(=O)CCC(N6Cc7ccc(O)cc7C6)C5=O)nc4)cc3)sc2c1. The number of carbonyl (C=O) groups excluding carboxylic acids is 2. The topological polar surface area (TPSA) is 111 Å². The number of nitrogens with one attached hydrogen (secondary N) is 1. The lowest BCUT2D eigenvalue weighted by Crippen LogP contribution is -2.54. The van der Waals surface area contributed by atoms with Crippen LogP contribution < -0.4 is 10.2 Å². The molecule has 0 spiro atoms. The van der Waals surface area contributed by atoms with Gasteiger partial charge >= 0.3 is 0 Å². The molecule has 48 heavy (non-hydrogen) atoms. The van der Waals surface area contributed by atoms with Gasteiger partial charge in [-0.25, -0.2) is 9.97 Å². The van der Waals surface area contributed by atoms with Crippen LogP contribution in [0.2, 0.25) is 0 Å². The van der Waals surface area contributed by atoms with Gasteiger partial charge in [0.25, 0.3) is 0 Å². The molecule has 1 atom stereocenters. The molecule has 2 aliphatic rings. The second kappa shape index (κ2) is 13.7. The second-order valence-electron chi connectivity index (χ2n) is 12.4. The van der Waals surface area contributed by atoms with Crippen LogP contribution in [0.25, 0.3) is 31.9 Å². The fraction of sp³-hybridized carbons (Fsp3) is 0.297. The van der Waals surface area contributed by atoms with E-state index in [-0.39, 0.29) is 36.8 Å². The van der Waals surface area contributed by atoms with Crippen LogP contribution in [0.1, 0.15) is 24.0 Å². The molecule has 1 saturated heterocycles. The summed E-state index contributed by atoms with van der Waals surface area (Å²) < 4.78 is 6.94. The van der Waals surface area contributed by atoms with Crippen LogP contribution in [0, 0.1) is 0 Å². The summed E-state index contributed by atoms with van der Waals surface area (Å²) in [7, 11) is 4.08. The first-order valence-electron chi connectivity index (χ1n) is 16.2. The molecule has 1 unspecified atom stereocenters. The Morgan fingerprint density at radius 2 is 1.73 bits per heavy atom. The van der Waals surface area contributed by atoms with Crippen molar-refractivity contribution in [2.24, 2.45) is 0 Å². The van der Waals surface area contributed by atoms with E-state index >= 15 is 0 Å². The number of carbonyl (C=O) groups is 2. The Kier molecular flexibility index (Phi) is 9.07. The molecule has 4 heterocycles. The first-order chi connectivity index (χ1) is 23.3. The maximum absolute atomic E-state index is 13.3. The van der Waals surface area contributed by atoms with E-state index < -0.39 is 0 Å². The van der Waals surface area contributed by atoms with E-state index in [2.05, 4.69) is 62.6 Å². The average molecular weight is 663 g/mol. The molecule has 7 rings (SSSR count). The molecule has 246 valence electrons. The molecule has 2 aromatic heterocycles. The largest absolute Gasteiger partial charge is 0.508 e. The van der Waals surface area contributed by atoms with Crippen molar-refractivity contribution in [3.05, 3.63) is 90.1 Å². The first kappa shape index (κ1) is 31.7. The van der Waals surface area contributed by atoms with Crippen molar-refractivity contribution in [2.75, 3.05) is 50.6 Å². The summed E-state index contributed by atoms with van der Waals surface area (Å²) >= 11 is 1.70. The number of piperidine rings is 1. The molecule has 5 aromatic rings. The number of benzene rings is 3. The Labute approximate surface area is 283 Å². The molecule has 10 nitrogen and oxygen atoms in total. The van der Waals surface area contributed by atoms with E-state index in [1.807, 2.05) is 38.5 Å². The lowest BCUT2D eigenvalue weighted by atomic mass is 10.0. The molecular formula is C37H38N6O4S. The Morgan fingerprint density at radius 3 is 2.52 bits per heavy atom. The predicted octanol–water partition coefficient (Wildman–Crippen LogP) is 5.76. The highest BCUT2D eigenvalue weighted by Gasteiger charge is 2.39. The van der Waals surface area contributed by atoms with E-state index in [0.29, 0.717) is 39.1 Å². The van der Waals surface area contributed by atoms with Gasteiger partial charge in [-0.05, 0) is 65.6 Å². The zero-order valence-corrected chi connectivity index (χ0v) is 27.9. The molecule has 0 aliphatic carbocycles. The van der Waals surface area contributed by atoms with Gasteiger partial charge in [-0.15, -0.1) is 11.3 Å². The number of nitrogens with zero attached hydrogens (tertiary/aromatic N) is 5. The lowest BCUT2D eigenvalue weighted by Gasteiger charge is -2.35. The number of hydrogen-bond acceptors (Lipinski definition) is 10. The van der Waals surface area contributed by atoms with E-state index in [1.165, 1.54) is 9.60 Å². The fourth-order valence-corrected chi connectivity index (χ4v) is 7.33. The highest BCUT2D eigenvalue weighted by atomic mass is 32.1. The number of phenols is 1. The summed E-state index contributed by atoms with van der Waals surface area (Å²) in [5.41, 5.74) is 7.50. The predicted molar refractivity (Wildman–Crippen MR) is 189 cm³/mol. The number of amides is 2. The van der Waals surface area contributed by atoms with Crippen molar-refractivity contribution in [1.82, 2.24) is 19.8 Å². The number of fused-ring (bicyclic) bond motifs is 2. The maximum Gasteiger partial charge on any atom is 0.246 e. The summed E-state index contributed by atoms with van der Waals surface area (Å²) in [4.78, 5) is 40.8. The van der Waals surface area contributed by atoms with E-state index in [4.69, 9.17) is 9.72 Å². The Morgan fingerprint density at radius 1 is 0.938 bits per heavy atom. The van der Waals surface area contributed by atoms with Gasteiger partial charge in [0.05, 0.1) is 36.0 Å². The third-order valence-electron chi connectivity index (χ3n) is 8.99. The van der Waals surface area contributed by atoms with E-state index in [9.17, 15) is 14.7 Å². The van der Waals surface area contributed by atoms with Crippen molar-refractivity contribution < 1.29 is 19.4 Å². The molecular weight excluding hydrogens is 625 g/mol. The fourth-order valence-electron chi connectivity index (χ4n) is 6.32. The minimum absolute atomic E-state index is 0.151. The lowest BCUT2D eigenvalue weighted by molar-refractivity contribution is -0.154. The summed E-state index contributed by atoms with van der Waals surface area (Å²) in [5.74, 6) is 0.653. The van der Waals surface area contributed by atoms with Crippen LogP contribution in [-0.2, 0) is 27.4 Å². The first-order valence-corrected chi connectivity index (χ1v) is 17.0. The van der Waals surface area contributed by atoms with Crippen LogP contribution in [0.15, 0.2) is 79.0 Å². The molecule has 0 radical (unpaired) electrons. The number of imide groups is 1. The van der Waals surface area contributed by atoms with Crippen molar-refractivity contribution in [3.63, 3.8) is 0 Å². The van der Waals surface area contributed by atoms with Gasteiger partial charge in [0.15, 0.2) is 0 Å². The van der Waals surface area contributed by atoms with Gasteiger partial charge in [-0.2, -0.15) is 0 Å². The molecule has 2 aliphatic heterocycles. The number of aromatic hydroxyl groups is 1. The number of rotatable bonds is 11. The number of hydrogen-bond donors (Lipinski definition) is 2. The molecule has 3 aromatic carbocycles. The molecule has 2 amide bonds. The van der Waals surface area contributed by atoms with Gasteiger partial charge in [0.1, 0.15) is 16.6 Å². The molecule has 11 heteroatoms. The average Bonchev–Trinajstić information content (AvgIpc) is 3.71. The third kappa shape index (κ3) is 6.75. The van der Waals surface area contributed by atoms with Crippen LogP contribution in [0.4, 0.5) is 11.5 Å². The Balaban J connectivity index is 0.858. The van der Waals surface area contributed by atoms with Crippen LogP contribution in [0.3, 0.4) is 0 Å². The zero-order valence-electron chi connectivity index (χ0n) is 27.1. The van der Waals surface area contributed by atoms with Gasteiger partial charge in [-0.1, -0.05) is 30.3 Å². The number of aromatic nitrogens is 2. The number of thiazole rings is 1. The highest BCUT2D eigenvalue weighted by Crippen LogP contribution is 2.34. The smallest absolute Gasteiger partial charge is 0.246 e. The van der Waals surface area contributed by atoms with Crippen molar-refractivity contribution in [3.8, 4) is 27.4 Å². The van der Waals surface area contributed by atoms with Crippen molar-refractivity contribution in [1.29, 1.82) is 0 Å². The van der Waals surface area contributed by atoms with Gasteiger partial charge in [0.2, 0.25) is 11.8 Å². The van der Waals surface area contributed by atoms with E-state index in [0.717, 1.165) is 49.8 Å². The number of pyridine rings is 1. The summed E-state index contributed by atoms with van der Waals surface area (Å²) in [6, 6.07) is 23.7. The monoisotopic (exact) mass is 662 g/mol. The molecule has 2 N–H and O–H groups in total. The van der Waals surface area contributed by atoms with Crippen molar-refractivity contribution >= 4 is 44.9 Å². The number of ether oxygens (including phenoxy) is 1. The summed E-state index contributed by atoms with van der Waals surface area (Å²) in [6.07, 6.45) is 2.70. The van der Waals surface area contributed by atoms with Crippen LogP contribution >= 0.6 is 11.3 Å². The van der Waals surface area contributed by atoms with Crippen molar-refractivity contribution in [2.45, 2.75) is 32.0 Å². The van der Waals surface area contributed by atoms with Gasteiger partial charge in [0, 0.05) is 63.2 Å². The van der Waals surface area contributed by atoms with Gasteiger partial charge < -0.3 is 20.1 Å². The minimum atomic E-state index is -0.346. The number of anilines is 2. The normalized spacial score (nSPS) is 16.5. The molecule has 0 saturated carbocycles. The van der Waals surface area contributed by atoms with E-state index in [1.54, 1.807) is 23.5 Å². The third-order valence-corrected chi connectivity index (χ3v) is 10.1. The quantitative estimate of drug-likeness (QED) is 0.135. The highest BCUT2D eigenvalue weighted by molar-refractivity contribution is 7.21. The summed E-state index contributed by atoms with van der Waals surface area (Å²) in [6.45, 7) is 2.70. The summed E-state index contributed by atoms with van der Waals surface area (Å²) in [5, 5.41) is 14.1. The van der Waals surface area contributed by atoms with Gasteiger partial charge in [-0.3, -0.25) is 19.4 Å². The minimum Gasteiger partial charge on any atom is -0.508 e. The van der Waals surface area contributed by atoms with Crippen LogP contribution in [0.5, 0.6) is 5.75 Å². The number of phenolic OH excluding ortho intramolecular Hbond substituents is 1.